The Kier molecular flexibility index (Phi) is 9.33. The summed E-state index contributed by atoms with van der Waals surface area (Å²) in [6, 6.07) is 0. The molecule has 0 aromatic heterocycles. The van der Waals surface area contributed by atoms with Gasteiger partial charge in [-0.1, -0.05) is 105 Å². The maximum absolute atomic E-state index is 4.53. The van der Waals surface area contributed by atoms with E-state index in [2.05, 4.69) is 68.0 Å². The summed E-state index contributed by atoms with van der Waals surface area (Å²) in [5.74, 6) is 4.10. The van der Waals surface area contributed by atoms with Crippen molar-refractivity contribution in [1.82, 2.24) is 0 Å². The lowest BCUT2D eigenvalue weighted by molar-refractivity contribution is -0.00106. The van der Waals surface area contributed by atoms with E-state index in [9.17, 15) is 0 Å². The Morgan fingerprint density at radius 2 is 1.77 bits per heavy atom. The van der Waals surface area contributed by atoms with Crippen LogP contribution in [0.25, 0.3) is 0 Å². The van der Waals surface area contributed by atoms with Crippen LogP contribution in [0.3, 0.4) is 0 Å². The highest BCUT2D eigenvalue weighted by atomic mass is 14.6. The number of rotatable bonds is 6. The highest BCUT2D eigenvalue weighted by Gasteiger charge is 2.56. The first-order valence-electron chi connectivity index (χ1n) is 13.5. The van der Waals surface area contributed by atoms with Crippen molar-refractivity contribution in [3.63, 3.8) is 0 Å². The summed E-state index contributed by atoms with van der Waals surface area (Å²) in [6.07, 6.45) is 17.8. The molecule has 0 nitrogen and oxygen atoms in total. The van der Waals surface area contributed by atoms with E-state index in [1.807, 2.05) is 5.57 Å². The maximum Gasteiger partial charge on any atom is -0.00713 e. The molecular weight excluding hydrogens is 360 g/mol. The molecule has 0 heterocycles. The zero-order valence-corrected chi connectivity index (χ0v) is 21.9. The third-order valence-corrected chi connectivity index (χ3v) is 9.44. The normalized spacial score (nSPS) is 38.3. The summed E-state index contributed by atoms with van der Waals surface area (Å²) in [7, 11) is 0. The van der Waals surface area contributed by atoms with E-state index in [-0.39, 0.29) is 0 Å². The maximum atomic E-state index is 4.53. The minimum absolute atomic E-state index is 0.430. The zero-order chi connectivity index (χ0) is 22.5. The molecule has 0 aromatic carbocycles. The van der Waals surface area contributed by atoms with Gasteiger partial charge in [0.05, 0.1) is 0 Å². The number of fused-ring (bicyclic) bond motifs is 3. The molecule has 0 bridgehead atoms. The quantitative estimate of drug-likeness (QED) is 0.379. The molecule has 2 fully saturated rings. The fourth-order valence-corrected chi connectivity index (χ4v) is 7.63. The van der Waals surface area contributed by atoms with Crippen LogP contribution in [0.1, 0.15) is 126 Å². The lowest BCUT2D eigenvalue weighted by Crippen LogP contribution is -2.52. The molecule has 0 radical (unpaired) electrons. The van der Waals surface area contributed by atoms with Crippen LogP contribution in [0.2, 0.25) is 0 Å². The molecule has 0 saturated heterocycles. The SMILES string of the molecule is C=C1C(CC)CC2(C)C3=CCCC(CCCC)C3(C)CCC2C1C.CCCC(C)C. The van der Waals surface area contributed by atoms with Gasteiger partial charge in [0.2, 0.25) is 0 Å². The summed E-state index contributed by atoms with van der Waals surface area (Å²) < 4.78 is 0. The predicted octanol–water partition coefficient (Wildman–Crippen LogP) is 10.0. The first-order valence-corrected chi connectivity index (χ1v) is 13.5. The Morgan fingerprint density at radius 1 is 1.07 bits per heavy atom. The van der Waals surface area contributed by atoms with Gasteiger partial charge < -0.3 is 0 Å². The van der Waals surface area contributed by atoms with Crippen molar-refractivity contribution >= 4 is 0 Å². The van der Waals surface area contributed by atoms with Gasteiger partial charge >= 0.3 is 0 Å². The van der Waals surface area contributed by atoms with Gasteiger partial charge in [0, 0.05) is 0 Å². The molecule has 0 heteroatoms. The number of unbranched alkanes of at least 4 members (excludes halogenated alkanes) is 1. The Morgan fingerprint density at radius 3 is 2.30 bits per heavy atom. The van der Waals surface area contributed by atoms with E-state index >= 15 is 0 Å². The number of hydrogen-bond donors (Lipinski definition) is 0. The summed E-state index contributed by atoms with van der Waals surface area (Å²) in [5, 5.41) is 0. The third kappa shape index (κ3) is 5.10. The van der Waals surface area contributed by atoms with Gasteiger partial charge in [-0.15, -0.1) is 0 Å². The molecule has 0 amide bonds. The topological polar surface area (TPSA) is 0 Å². The molecule has 6 atom stereocenters. The fourth-order valence-electron chi connectivity index (χ4n) is 7.63. The van der Waals surface area contributed by atoms with Gasteiger partial charge in [0.1, 0.15) is 0 Å². The summed E-state index contributed by atoms with van der Waals surface area (Å²) in [6.45, 7) is 23.7. The lowest BCUT2D eigenvalue weighted by Gasteiger charge is -2.61. The Bertz CT molecular complexity index is 581. The molecule has 0 aromatic rings. The van der Waals surface area contributed by atoms with Crippen LogP contribution < -0.4 is 0 Å². The highest BCUT2D eigenvalue weighted by Crippen LogP contribution is 2.66. The minimum Gasteiger partial charge on any atom is -0.0993 e. The van der Waals surface area contributed by atoms with Crippen molar-refractivity contribution in [3.05, 3.63) is 23.8 Å². The fraction of sp³-hybridized carbons (Fsp3) is 0.867. The van der Waals surface area contributed by atoms with Crippen LogP contribution in [-0.4, -0.2) is 0 Å². The molecule has 0 N–H and O–H groups in total. The van der Waals surface area contributed by atoms with E-state index in [0.717, 1.165) is 23.7 Å². The van der Waals surface area contributed by atoms with Crippen molar-refractivity contribution in [1.29, 1.82) is 0 Å². The largest absolute Gasteiger partial charge is 0.0993 e. The van der Waals surface area contributed by atoms with E-state index in [1.54, 1.807) is 5.57 Å². The van der Waals surface area contributed by atoms with Crippen LogP contribution in [-0.2, 0) is 0 Å². The lowest BCUT2D eigenvalue weighted by atomic mass is 9.43. The molecule has 0 aliphatic heterocycles. The number of hydrogen-bond acceptors (Lipinski definition) is 0. The minimum atomic E-state index is 0.430. The van der Waals surface area contributed by atoms with Crippen molar-refractivity contribution in [2.24, 2.45) is 40.4 Å². The van der Waals surface area contributed by atoms with Crippen molar-refractivity contribution in [2.75, 3.05) is 0 Å². The summed E-state index contributed by atoms with van der Waals surface area (Å²) in [4.78, 5) is 0. The predicted molar refractivity (Wildman–Crippen MR) is 136 cm³/mol. The molecule has 6 unspecified atom stereocenters. The van der Waals surface area contributed by atoms with Crippen molar-refractivity contribution < 1.29 is 0 Å². The number of allylic oxidation sites excluding steroid dienone is 3. The van der Waals surface area contributed by atoms with Gasteiger partial charge in [-0.25, -0.2) is 0 Å². The standard InChI is InChI=1S/C24H40.C6H14/c1-7-9-11-20-12-10-13-22-23(20,5)15-14-21-18(4)17(3)19(8-2)16-24(21,22)6;1-4-5-6(2)3/h13,18-21H,3,7-12,14-16H2,1-2,4-6H3;6H,4-5H2,1-3H3. The van der Waals surface area contributed by atoms with Crippen LogP contribution in [0.4, 0.5) is 0 Å². The van der Waals surface area contributed by atoms with Gasteiger partial charge in [-0.3, -0.25) is 0 Å². The Labute approximate surface area is 190 Å². The van der Waals surface area contributed by atoms with Crippen LogP contribution >= 0.6 is 0 Å². The monoisotopic (exact) mass is 414 g/mol. The summed E-state index contributed by atoms with van der Waals surface area (Å²) >= 11 is 0. The van der Waals surface area contributed by atoms with E-state index in [1.165, 1.54) is 70.6 Å². The summed E-state index contributed by atoms with van der Waals surface area (Å²) in [5.41, 5.74) is 4.34. The zero-order valence-electron chi connectivity index (χ0n) is 21.9. The molecule has 3 rings (SSSR count). The van der Waals surface area contributed by atoms with Crippen molar-refractivity contribution in [2.45, 2.75) is 126 Å². The van der Waals surface area contributed by atoms with Crippen molar-refractivity contribution in [3.8, 4) is 0 Å². The second-order valence-electron chi connectivity index (χ2n) is 11.9. The van der Waals surface area contributed by atoms with E-state index in [4.69, 9.17) is 0 Å². The third-order valence-electron chi connectivity index (χ3n) is 9.44. The average molecular weight is 415 g/mol. The van der Waals surface area contributed by atoms with E-state index < -0.39 is 0 Å². The van der Waals surface area contributed by atoms with Crippen LogP contribution in [0.5, 0.6) is 0 Å². The van der Waals surface area contributed by atoms with Gasteiger partial charge in [0.25, 0.3) is 0 Å². The van der Waals surface area contributed by atoms with Crippen LogP contribution in [0, 0.1) is 40.4 Å². The molecule has 174 valence electrons. The highest BCUT2D eigenvalue weighted by molar-refractivity contribution is 5.33. The molecule has 30 heavy (non-hydrogen) atoms. The molecule has 2 saturated carbocycles. The molecule has 3 aliphatic rings. The molecule has 0 spiro atoms. The smallest absolute Gasteiger partial charge is 0.00713 e. The first kappa shape index (κ1) is 25.7. The van der Waals surface area contributed by atoms with Gasteiger partial charge in [-0.05, 0) is 85.4 Å². The molecule has 3 aliphatic carbocycles. The van der Waals surface area contributed by atoms with Crippen LogP contribution in [0.15, 0.2) is 23.8 Å². The first-order chi connectivity index (χ1) is 14.2. The average Bonchev–Trinajstić information content (AvgIpc) is 2.69. The second-order valence-corrected chi connectivity index (χ2v) is 11.9. The van der Waals surface area contributed by atoms with Gasteiger partial charge in [0.15, 0.2) is 0 Å². The Hall–Kier alpha value is -0.520. The van der Waals surface area contributed by atoms with E-state index in [0.29, 0.717) is 16.7 Å². The van der Waals surface area contributed by atoms with Gasteiger partial charge in [-0.2, -0.15) is 0 Å². The molecular formula is C30H54. The Balaban J connectivity index is 0.000000469. The second kappa shape index (κ2) is 10.9.